The summed E-state index contributed by atoms with van der Waals surface area (Å²) in [6.07, 6.45) is 0.241. The van der Waals surface area contributed by atoms with Crippen molar-refractivity contribution in [3.05, 3.63) is 42.0 Å². The number of ether oxygens (including phenoxy) is 3. The van der Waals surface area contributed by atoms with Crippen LogP contribution in [0.1, 0.15) is 5.56 Å². The first-order valence-electron chi connectivity index (χ1n) is 7.94. The Morgan fingerprint density at radius 3 is 2.00 bits per heavy atom. The standard InChI is InChI=1S/C19H23NO6/c1-20(15(19(22)23)9-12-5-7-13(21)8-6-12)18-16(25-3)10-14(24-2)11-17(18)26-4/h5-8,10-11,15,21H,9H2,1-4H3,(H,22,23)/t15-/m0/s1. The predicted octanol–water partition coefficient (Wildman–Crippen LogP) is 2.55. The van der Waals surface area contributed by atoms with Crippen molar-refractivity contribution in [1.82, 2.24) is 0 Å². The monoisotopic (exact) mass is 361 g/mol. The molecule has 0 saturated heterocycles. The minimum atomic E-state index is -0.986. The fourth-order valence-electron chi connectivity index (χ4n) is 2.74. The van der Waals surface area contributed by atoms with E-state index in [1.165, 1.54) is 33.5 Å². The second-order valence-electron chi connectivity index (χ2n) is 5.72. The summed E-state index contributed by atoms with van der Waals surface area (Å²) < 4.78 is 16.1. The van der Waals surface area contributed by atoms with Crippen molar-refractivity contribution in [1.29, 1.82) is 0 Å². The first kappa shape index (κ1) is 19.2. The zero-order chi connectivity index (χ0) is 19.3. The summed E-state index contributed by atoms with van der Waals surface area (Å²) in [5, 5.41) is 19.2. The van der Waals surface area contributed by atoms with Gasteiger partial charge in [0, 0.05) is 25.6 Å². The van der Waals surface area contributed by atoms with E-state index < -0.39 is 12.0 Å². The Balaban J connectivity index is 2.43. The summed E-state index contributed by atoms with van der Waals surface area (Å²) in [4.78, 5) is 13.5. The van der Waals surface area contributed by atoms with Crippen molar-refractivity contribution < 1.29 is 29.2 Å². The molecular weight excluding hydrogens is 338 g/mol. The van der Waals surface area contributed by atoms with Crippen molar-refractivity contribution >= 4 is 11.7 Å². The molecule has 140 valence electrons. The number of rotatable bonds is 8. The van der Waals surface area contributed by atoms with Gasteiger partial charge in [-0.05, 0) is 17.7 Å². The molecule has 2 aromatic rings. The number of hydrogen-bond acceptors (Lipinski definition) is 6. The van der Waals surface area contributed by atoms with E-state index in [0.717, 1.165) is 5.56 Å². The molecule has 7 nitrogen and oxygen atoms in total. The molecule has 1 atom stereocenters. The van der Waals surface area contributed by atoms with E-state index >= 15 is 0 Å². The van der Waals surface area contributed by atoms with Crippen LogP contribution in [-0.4, -0.2) is 50.6 Å². The zero-order valence-corrected chi connectivity index (χ0v) is 15.2. The summed E-state index contributed by atoms with van der Waals surface area (Å²) in [6.45, 7) is 0. The highest BCUT2D eigenvalue weighted by atomic mass is 16.5. The average Bonchev–Trinajstić information content (AvgIpc) is 2.65. The van der Waals surface area contributed by atoms with Crippen LogP contribution in [0.4, 0.5) is 5.69 Å². The van der Waals surface area contributed by atoms with Crippen molar-refractivity contribution in [2.75, 3.05) is 33.3 Å². The van der Waals surface area contributed by atoms with E-state index in [1.54, 1.807) is 36.2 Å². The second-order valence-corrected chi connectivity index (χ2v) is 5.72. The molecule has 0 aromatic heterocycles. The number of anilines is 1. The summed E-state index contributed by atoms with van der Waals surface area (Å²) in [5.74, 6) is 0.579. The molecule has 2 aromatic carbocycles. The van der Waals surface area contributed by atoms with Crippen LogP contribution < -0.4 is 19.1 Å². The zero-order valence-electron chi connectivity index (χ0n) is 15.2. The van der Waals surface area contributed by atoms with E-state index in [0.29, 0.717) is 22.9 Å². The third-order valence-corrected chi connectivity index (χ3v) is 4.16. The van der Waals surface area contributed by atoms with Gasteiger partial charge in [0.1, 0.15) is 34.7 Å². The predicted molar refractivity (Wildman–Crippen MR) is 97.7 cm³/mol. The molecule has 0 heterocycles. The number of hydrogen-bond donors (Lipinski definition) is 2. The van der Waals surface area contributed by atoms with Crippen molar-refractivity contribution in [2.24, 2.45) is 0 Å². The minimum absolute atomic E-state index is 0.132. The van der Waals surface area contributed by atoms with Crippen LogP contribution >= 0.6 is 0 Å². The van der Waals surface area contributed by atoms with Crippen LogP contribution in [0.3, 0.4) is 0 Å². The number of methoxy groups -OCH3 is 3. The molecule has 0 aliphatic heterocycles. The molecule has 0 aliphatic carbocycles. The normalized spacial score (nSPS) is 11.5. The number of likely N-dealkylation sites (N-methyl/N-ethyl adjacent to an activating group) is 1. The van der Waals surface area contributed by atoms with Crippen molar-refractivity contribution in [2.45, 2.75) is 12.5 Å². The fraction of sp³-hybridized carbons (Fsp3) is 0.316. The quantitative estimate of drug-likeness (QED) is 0.747. The van der Waals surface area contributed by atoms with Crippen molar-refractivity contribution in [3.63, 3.8) is 0 Å². The number of phenolic OH excluding ortho intramolecular Hbond substituents is 1. The SMILES string of the molecule is COc1cc(OC)c(N(C)[C@@H](Cc2ccc(O)cc2)C(=O)O)c(OC)c1. The van der Waals surface area contributed by atoms with Crippen LogP contribution in [0.25, 0.3) is 0 Å². The molecule has 2 N–H and O–H groups in total. The third kappa shape index (κ3) is 4.11. The van der Waals surface area contributed by atoms with Crippen LogP contribution in [0.5, 0.6) is 23.0 Å². The van der Waals surface area contributed by atoms with Gasteiger partial charge in [0.25, 0.3) is 0 Å². The van der Waals surface area contributed by atoms with E-state index in [1.807, 2.05) is 0 Å². The molecule has 0 radical (unpaired) electrons. The number of aromatic hydroxyl groups is 1. The highest BCUT2D eigenvalue weighted by molar-refractivity contribution is 5.82. The van der Waals surface area contributed by atoms with Gasteiger partial charge in [-0.15, -0.1) is 0 Å². The largest absolute Gasteiger partial charge is 0.508 e. The smallest absolute Gasteiger partial charge is 0.326 e. The number of benzene rings is 2. The van der Waals surface area contributed by atoms with Gasteiger partial charge in [0.05, 0.1) is 21.3 Å². The summed E-state index contributed by atoms with van der Waals surface area (Å²) >= 11 is 0. The highest BCUT2D eigenvalue weighted by Crippen LogP contribution is 2.42. The maximum absolute atomic E-state index is 11.9. The Kier molecular flexibility index (Phi) is 6.16. The van der Waals surface area contributed by atoms with E-state index in [-0.39, 0.29) is 12.2 Å². The van der Waals surface area contributed by atoms with Gasteiger partial charge < -0.3 is 29.3 Å². The van der Waals surface area contributed by atoms with Gasteiger partial charge in [0.2, 0.25) is 0 Å². The fourth-order valence-corrected chi connectivity index (χ4v) is 2.74. The van der Waals surface area contributed by atoms with Crippen LogP contribution in [-0.2, 0) is 11.2 Å². The summed E-state index contributed by atoms with van der Waals surface area (Å²) in [5.41, 5.74) is 1.30. The number of carbonyl (C=O) groups is 1. The topological polar surface area (TPSA) is 88.5 Å². The first-order chi connectivity index (χ1) is 12.4. The molecule has 7 heteroatoms. The Bertz CT molecular complexity index is 734. The number of phenols is 1. The molecule has 0 amide bonds. The lowest BCUT2D eigenvalue weighted by atomic mass is 10.0. The maximum Gasteiger partial charge on any atom is 0.326 e. The third-order valence-electron chi connectivity index (χ3n) is 4.16. The highest BCUT2D eigenvalue weighted by Gasteiger charge is 2.28. The van der Waals surface area contributed by atoms with Crippen LogP contribution in [0.15, 0.2) is 36.4 Å². The number of carboxylic acids is 1. The first-order valence-corrected chi connectivity index (χ1v) is 7.94. The molecule has 0 spiro atoms. The average molecular weight is 361 g/mol. The Morgan fingerprint density at radius 1 is 1.04 bits per heavy atom. The molecule has 2 rings (SSSR count). The lowest BCUT2D eigenvalue weighted by Crippen LogP contribution is -2.40. The molecule has 0 bridgehead atoms. The van der Waals surface area contributed by atoms with Gasteiger partial charge in [-0.2, -0.15) is 0 Å². The number of nitrogens with zero attached hydrogens (tertiary/aromatic N) is 1. The molecule has 0 unspecified atom stereocenters. The Hall–Kier alpha value is -3.09. The van der Waals surface area contributed by atoms with E-state index in [9.17, 15) is 15.0 Å². The van der Waals surface area contributed by atoms with Gasteiger partial charge >= 0.3 is 5.97 Å². The lowest BCUT2D eigenvalue weighted by Gasteiger charge is -2.30. The Morgan fingerprint density at radius 2 is 1.58 bits per heavy atom. The molecule has 0 saturated carbocycles. The lowest BCUT2D eigenvalue weighted by molar-refractivity contribution is -0.138. The van der Waals surface area contributed by atoms with Crippen LogP contribution in [0.2, 0.25) is 0 Å². The van der Waals surface area contributed by atoms with Crippen molar-refractivity contribution in [3.8, 4) is 23.0 Å². The summed E-state index contributed by atoms with van der Waals surface area (Å²) in [6, 6.07) is 8.94. The number of carboxylic acid groups (broad SMARTS) is 1. The number of aliphatic carboxylic acids is 1. The summed E-state index contributed by atoms with van der Waals surface area (Å²) in [7, 11) is 6.21. The van der Waals surface area contributed by atoms with Gasteiger partial charge in [-0.1, -0.05) is 12.1 Å². The van der Waals surface area contributed by atoms with E-state index in [4.69, 9.17) is 14.2 Å². The Labute approximate surface area is 152 Å². The van der Waals surface area contributed by atoms with Gasteiger partial charge in [-0.3, -0.25) is 0 Å². The second kappa shape index (κ2) is 8.33. The van der Waals surface area contributed by atoms with E-state index in [2.05, 4.69) is 0 Å². The molecular formula is C19H23NO6. The molecule has 0 aliphatic rings. The minimum Gasteiger partial charge on any atom is -0.508 e. The molecule has 0 fully saturated rings. The van der Waals surface area contributed by atoms with Gasteiger partial charge in [0.15, 0.2) is 0 Å². The maximum atomic E-state index is 11.9. The van der Waals surface area contributed by atoms with Crippen LogP contribution in [0, 0.1) is 0 Å². The van der Waals surface area contributed by atoms with Gasteiger partial charge in [-0.25, -0.2) is 4.79 Å². The molecule has 26 heavy (non-hydrogen) atoms.